The average molecular weight is 301 g/mol. The third kappa shape index (κ3) is 3.94. The van der Waals surface area contributed by atoms with E-state index in [0.717, 1.165) is 11.4 Å². The van der Waals surface area contributed by atoms with Gasteiger partial charge in [-0.25, -0.2) is 4.79 Å². The second-order valence-corrected chi connectivity index (χ2v) is 4.93. The van der Waals surface area contributed by atoms with Crippen LogP contribution in [0.5, 0.6) is 0 Å². The molecular formula is C16H19N3O3. The molecule has 6 nitrogen and oxygen atoms in total. The second kappa shape index (κ2) is 6.89. The molecule has 1 heterocycles. The Bertz CT molecular complexity index is 674. The lowest BCUT2D eigenvalue weighted by atomic mass is 10.2. The summed E-state index contributed by atoms with van der Waals surface area (Å²) in [5.74, 6) is -0.543. The zero-order valence-electron chi connectivity index (χ0n) is 12.9. The Morgan fingerprint density at radius 1 is 1.23 bits per heavy atom. The molecular weight excluding hydrogens is 282 g/mol. The van der Waals surface area contributed by atoms with Crippen LogP contribution in [0.25, 0.3) is 0 Å². The van der Waals surface area contributed by atoms with Crippen LogP contribution in [0.1, 0.15) is 28.7 Å². The number of ether oxygens (including phenoxy) is 1. The molecule has 1 aromatic heterocycles. The van der Waals surface area contributed by atoms with Gasteiger partial charge in [0.1, 0.15) is 6.54 Å². The molecule has 2 rings (SSSR count). The summed E-state index contributed by atoms with van der Waals surface area (Å²) in [7, 11) is 0. The van der Waals surface area contributed by atoms with Crippen molar-refractivity contribution in [1.82, 2.24) is 9.78 Å². The normalized spacial score (nSPS) is 10.3. The first kappa shape index (κ1) is 15.8. The second-order valence-electron chi connectivity index (χ2n) is 4.93. The number of carbonyl (C=O) groups is 2. The summed E-state index contributed by atoms with van der Waals surface area (Å²) in [6.07, 6.45) is 0. The Labute approximate surface area is 129 Å². The molecule has 0 aliphatic rings. The molecule has 0 saturated heterocycles. The molecule has 22 heavy (non-hydrogen) atoms. The van der Waals surface area contributed by atoms with Gasteiger partial charge in [-0.15, -0.1) is 0 Å². The summed E-state index contributed by atoms with van der Waals surface area (Å²) in [5.41, 5.74) is 2.90. The van der Waals surface area contributed by atoms with Crippen LogP contribution in [0.3, 0.4) is 0 Å². The van der Waals surface area contributed by atoms with E-state index in [2.05, 4.69) is 10.4 Å². The molecule has 0 saturated carbocycles. The van der Waals surface area contributed by atoms with Gasteiger partial charge in [0.15, 0.2) is 0 Å². The molecule has 0 radical (unpaired) electrons. The fourth-order valence-electron chi connectivity index (χ4n) is 2.08. The van der Waals surface area contributed by atoms with Gasteiger partial charge in [-0.1, -0.05) is 0 Å². The fourth-order valence-corrected chi connectivity index (χ4v) is 2.08. The van der Waals surface area contributed by atoms with Crippen molar-refractivity contribution < 1.29 is 14.3 Å². The number of amides is 1. The molecule has 0 aliphatic heterocycles. The smallest absolute Gasteiger partial charge is 0.338 e. The van der Waals surface area contributed by atoms with Crippen LogP contribution in [0.15, 0.2) is 30.3 Å². The van der Waals surface area contributed by atoms with Crippen LogP contribution in [0.4, 0.5) is 5.69 Å². The topological polar surface area (TPSA) is 73.2 Å². The highest BCUT2D eigenvalue weighted by Crippen LogP contribution is 2.11. The minimum atomic E-state index is -0.372. The van der Waals surface area contributed by atoms with Gasteiger partial charge in [0.05, 0.1) is 17.9 Å². The van der Waals surface area contributed by atoms with Crippen LogP contribution in [0.2, 0.25) is 0 Å². The Hall–Kier alpha value is -2.63. The zero-order chi connectivity index (χ0) is 16.1. The van der Waals surface area contributed by atoms with E-state index < -0.39 is 0 Å². The molecule has 0 aliphatic carbocycles. The van der Waals surface area contributed by atoms with Gasteiger partial charge in [-0.2, -0.15) is 5.10 Å². The molecule has 1 aromatic carbocycles. The maximum Gasteiger partial charge on any atom is 0.338 e. The highest BCUT2D eigenvalue weighted by molar-refractivity contribution is 5.92. The van der Waals surface area contributed by atoms with E-state index in [4.69, 9.17) is 4.74 Å². The number of nitrogens with one attached hydrogen (secondary N) is 1. The maximum absolute atomic E-state index is 12.0. The number of esters is 1. The summed E-state index contributed by atoms with van der Waals surface area (Å²) in [6, 6.07) is 8.51. The number of aryl methyl sites for hydroxylation is 2. The van der Waals surface area contributed by atoms with Crippen molar-refractivity contribution in [3.63, 3.8) is 0 Å². The van der Waals surface area contributed by atoms with Crippen molar-refractivity contribution in [2.24, 2.45) is 0 Å². The first-order chi connectivity index (χ1) is 10.5. The first-order valence-corrected chi connectivity index (χ1v) is 7.07. The van der Waals surface area contributed by atoms with E-state index in [0.29, 0.717) is 17.9 Å². The lowest BCUT2D eigenvalue weighted by Gasteiger charge is -2.07. The quantitative estimate of drug-likeness (QED) is 0.860. The minimum absolute atomic E-state index is 0.152. The minimum Gasteiger partial charge on any atom is -0.462 e. The van der Waals surface area contributed by atoms with Crippen molar-refractivity contribution in [1.29, 1.82) is 0 Å². The van der Waals surface area contributed by atoms with Crippen molar-refractivity contribution >= 4 is 17.6 Å². The summed E-state index contributed by atoms with van der Waals surface area (Å²) in [4.78, 5) is 23.5. The molecule has 0 unspecified atom stereocenters. The van der Waals surface area contributed by atoms with E-state index in [-0.39, 0.29) is 18.4 Å². The van der Waals surface area contributed by atoms with Crippen molar-refractivity contribution in [2.45, 2.75) is 27.3 Å². The van der Waals surface area contributed by atoms with Gasteiger partial charge >= 0.3 is 5.97 Å². The largest absolute Gasteiger partial charge is 0.462 e. The molecule has 0 bridgehead atoms. The maximum atomic E-state index is 12.0. The van der Waals surface area contributed by atoms with Gasteiger partial charge in [-0.05, 0) is 51.1 Å². The highest BCUT2D eigenvalue weighted by atomic mass is 16.5. The third-order valence-electron chi connectivity index (χ3n) is 3.08. The number of rotatable bonds is 5. The highest BCUT2D eigenvalue weighted by Gasteiger charge is 2.09. The van der Waals surface area contributed by atoms with Gasteiger partial charge in [0.2, 0.25) is 5.91 Å². The average Bonchev–Trinajstić information content (AvgIpc) is 2.77. The molecule has 1 N–H and O–H groups in total. The van der Waals surface area contributed by atoms with Crippen LogP contribution >= 0.6 is 0 Å². The van der Waals surface area contributed by atoms with E-state index in [1.165, 1.54) is 0 Å². The van der Waals surface area contributed by atoms with Gasteiger partial charge in [0, 0.05) is 11.4 Å². The van der Waals surface area contributed by atoms with Crippen LogP contribution in [0, 0.1) is 13.8 Å². The SMILES string of the molecule is CCOC(=O)c1ccc(NC(=O)Cn2nc(C)cc2C)cc1. The molecule has 116 valence electrons. The van der Waals surface area contributed by atoms with Gasteiger partial charge < -0.3 is 10.1 Å². The molecule has 2 aromatic rings. The Balaban J connectivity index is 1.97. The van der Waals surface area contributed by atoms with E-state index in [1.807, 2.05) is 19.9 Å². The molecule has 0 atom stereocenters. The number of hydrogen-bond acceptors (Lipinski definition) is 4. The van der Waals surface area contributed by atoms with Crippen LogP contribution in [-0.4, -0.2) is 28.3 Å². The summed E-state index contributed by atoms with van der Waals surface area (Å²) in [6.45, 7) is 6.03. The Kier molecular flexibility index (Phi) is 4.93. The number of benzene rings is 1. The van der Waals surface area contributed by atoms with Gasteiger partial charge in [-0.3, -0.25) is 9.48 Å². The predicted octanol–water partition coefficient (Wildman–Crippen LogP) is 2.32. The third-order valence-corrected chi connectivity index (χ3v) is 3.08. The molecule has 6 heteroatoms. The number of aromatic nitrogens is 2. The Morgan fingerprint density at radius 2 is 1.91 bits per heavy atom. The number of nitrogens with zero attached hydrogens (tertiary/aromatic N) is 2. The van der Waals surface area contributed by atoms with E-state index in [9.17, 15) is 9.59 Å². The number of carbonyl (C=O) groups excluding carboxylic acids is 2. The molecule has 1 amide bonds. The first-order valence-electron chi connectivity index (χ1n) is 7.07. The lowest BCUT2D eigenvalue weighted by Crippen LogP contribution is -2.20. The summed E-state index contributed by atoms with van der Waals surface area (Å²) < 4.78 is 6.56. The standard InChI is InChI=1S/C16H19N3O3/c1-4-22-16(21)13-5-7-14(8-6-13)17-15(20)10-19-12(3)9-11(2)18-19/h5-9H,4,10H2,1-3H3,(H,17,20). The monoisotopic (exact) mass is 301 g/mol. The number of anilines is 1. The van der Waals surface area contributed by atoms with E-state index in [1.54, 1.807) is 35.9 Å². The zero-order valence-corrected chi connectivity index (χ0v) is 12.9. The van der Waals surface area contributed by atoms with Crippen molar-refractivity contribution in [3.05, 3.63) is 47.3 Å². The summed E-state index contributed by atoms with van der Waals surface area (Å²) >= 11 is 0. The summed E-state index contributed by atoms with van der Waals surface area (Å²) in [5, 5.41) is 7.02. The van der Waals surface area contributed by atoms with Crippen molar-refractivity contribution in [3.8, 4) is 0 Å². The molecule has 0 fully saturated rings. The lowest BCUT2D eigenvalue weighted by molar-refractivity contribution is -0.116. The fraction of sp³-hybridized carbons (Fsp3) is 0.312. The number of hydrogen-bond donors (Lipinski definition) is 1. The van der Waals surface area contributed by atoms with Crippen LogP contribution in [-0.2, 0) is 16.1 Å². The Morgan fingerprint density at radius 3 is 2.45 bits per heavy atom. The van der Waals surface area contributed by atoms with Crippen molar-refractivity contribution in [2.75, 3.05) is 11.9 Å². The van der Waals surface area contributed by atoms with E-state index >= 15 is 0 Å². The van der Waals surface area contributed by atoms with Crippen LogP contribution < -0.4 is 5.32 Å². The van der Waals surface area contributed by atoms with Gasteiger partial charge in [0.25, 0.3) is 0 Å². The molecule has 0 spiro atoms. The predicted molar refractivity (Wildman–Crippen MR) is 82.7 cm³/mol.